The number of fused-ring (bicyclic) bond motifs is 3. The Labute approximate surface area is 234 Å². The number of rotatable bonds is 6. The van der Waals surface area contributed by atoms with Crippen molar-refractivity contribution < 1.29 is 24.9 Å². The Morgan fingerprint density at radius 3 is 2.72 bits per heavy atom. The molecule has 7 aliphatic rings. The van der Waals surface area contributed by atoms with Gasteiger partial charge in [-0.15, -0.1) is 11.3 Å². The van der Waals surface area contributed by atoms with Crippen LogP contribution in [0.1, 0.15) is 69.4 Å². The molecule has 214 valence electrons. The Morgan fingerprint density at radius 1 is 1.21 bits per heavy atom. The minimum Gasteiger partial charge on any atom is -0.391 e. The maximum Gasteiger partial charge on any atom is 0.208 e. The van der Waals surface area contributed by atoms with Gasteiger partial charge in [-0.3, -0.25) is 4.79 Å². The first kappa shape index (κ1) is 26.5. The third-order valence-corrected chi connectivity index (χ3v) is 12.7. The molecule has 0 unspecified atom stereocenters. The van der Waals surface area contributed by atoms with Crippen LogP contribution < -0.4 is 5.32 Å². The maximum absolute atomic E-state index is 14.0. The number of nitrogens with zero attached hydrogens (tertiary/aromatic N) is 2. The Kier molecular flexibility index (Phi) is 6.00. The zero-order valence-corrected chi connectivity index (χ0v) is 24.1. The van der Waals surface area contributed by atoms with E-state index in [1.807, 2.05) is 0 Å². The molecule has 4 bridgehead atoms. The summed E-state index contributed by atoms with van der Waals surface area (Å²) in [6.45, 7) is 12.7. The van der Waals surface area contributed by atoms with Crippen molar-refractivity contribution in [3.8, 4) is 0 Å². The third-order valence-electron chi connectivity index (χ3n) is 11.7. The Morgan fingerprint density at radius 2 is 1.97 bits per heavy atom. The largest absolute Gasteiger partial charge is 0.391 e. The van der Waals surface area contributed by atoms with Crippen LogP contribution in [0, 0.1) is 28.6 Å². The van der Waals surface area contributed by atoms with Crippen molar-refractivity contribution in [1.29, 1.82) is 0 Å². The maximum atomic E-state index is 14.0. The molecule has 1 aromatic heterocycles. The molecule has 8 rings (SSSR count). The number of piperidine rings is 1. The fraction of sp³-hybridized carbons (Fsp3) is 0.800. The molecular formula is C30H43N3O5S. The lowest BCUT2D eigenvalue weighted by atomic mass is 9.36. The van der Waals surface area contributed by atoms with E-state index in [1.54, 1.807) is 11.3 Å². The molecule has 9 heteroatoms. The fourth-order valence-corrected chi connectivity index (χ4v) is 11.6. The zero-order valence-electron chi connectivity index (χ0n) is 23.2. The lowest BCUT2D eigenvalue weighted by molar-refractivity contribution is -0.430. The van der Waals surface area contributed by atoms with Crippen molar-refractivity contribution >= 4 is 22.3 Å². The molecule has 39 heavy (non-hydrogen) atoms. The Balaban J connectivity index is 1.33. The minimum absolute atomic E-state index is 0.193. The van der Waals surface area contributed by atoms with Crippen molar-refractivity contribution in [2.75, 3.05) is 38.1 Å². The van der Waals surface area contributed by atoms with E-state index >= 15 is 0 Å². The highest BCUT2D eigenvalue weighted by molar-refractivity contribution is 7.15. The summed E-state index contributed by atoms with van der Waals surface area (Å²) in [5, 5.41) is 40.5. The molecular weight excluding hydrogens is 514 g/mol. The molecule has 6 fully saturated rings. The van der Waals surface area contributed by atoms with Gasteiger partial charge in [0.05, 0.1) is 18.4 Å². The molecule has 8 nitrogen and oxygen atoms in total. The molecule has 1 aromatic rings. The van der Waals surface area contributed by atoms with Gasteiger partial charge in [0.15, 0.2) is 10.9 Å². The van der Waals surface area contributed by atoms with Crippen LogP contribution >= 0.6 is 11.3 Å². The number of hydrogen-bond donors (Lipinski definition) is 4. The van der Waals surface area contributed by atoms with E-state index in [4.69, 9.17) is 9.72 Å². The van der Waals surface area contributed by atoms with Crippen LogP contribution in [0.25, 0.3) is 0 Å². The first-order valence-corrected chi connectivity index (χ1v) is 15.9. The summed E-state index contributed by atoms with van der Waals surface area (Å²) in [5.74, 6) is -3.60. The third kappa shape index (κ3) is 3.12. The number of aromatic nitrogens is 1. The number of hydrogen-bond acceptors (Lipinski definition) is 9. The van der Waals surface area contributed by atoms with Gasteiger partial charge in [-0.1, -0.05) is 33.3 Å². The average molecular weight is 558 g/mol. The monoisotopic (exact) mass is 557 g/mol. The summed E-state index contributed by atoms with van der Waals surface area (Å²) < 4.78 is 6.24. The number of likely N-dealkylation sites (tertiary alicyclic amines) is 1. The topological polar surface area (TPSA) is 115 Å². The van der Waals surface area contributed by atoms with Crippen molar-refractivity contribution in [3.05, 3.63) is 22.7 Å². The van der Waals surface area contributed by atoms with Crippen molar-refractivity contribution in [3.63, 3.8) is 0 Å². The number of Topliss-reactive ketones (excluding diaryl/α,β-unsaturated/α-hetero) is 1. The number of anilines is 1. The second kappa shape index (κ2) is 8.82. The number of carbonyl (C=O) groups is 1. The molecule has 3 saturated heterocycles. The molecule has 4 heterocycles. The summed E-state index contributed by atoms with van der Waals surface area (Å²) in [5.41, 5.74) is -1.42. The van der Waals surface area contributed by atoms with E-state index in [9.17, 15) is 20.1 Å². The van der Waals surface area contributed by atoms with E-state index in [-0.39, 0.29) is 29.6 Å². The van der Waals surface area contributed by atoms with Crippen LogP contribution in [0.15, 0.2) is 12.2 Å². The Bertz CT molecular complexity index is 1200. The second-order valence-corrected chi connectivity index (χ2v) is 14.6. The smallest absolute Gasteiger partial charge is 0.208 e. The summed E-state index contributed by atoms with van der Waals surface area (Å²) in [6.07, 6.45) is 5.31. The van der Waals surface area contributed by atoms with Crippen molar-refractivity contribution in [2.24, 2.45) is 28.6 Å². The number of thiazole rings is 1. The van der Waals surface area contributed by atoms with E-state index in [0.717, 1.165) is 56.3 Å². The van der Waals surface area contributed by atoms with Gasteiger partial charge < -0.3 is 30.3 Å². The predicted molar refractivity (Wildman–Crippen MR) is 148 cm³/mol. The summed E-state index contributed by atoms with van der Waals surface area (Å²) in [7, 11) is 0. The molecule has 0 amide bonds. The summed E-state index contributed by atoms with van der Waals surface area (Å²) >= 11 is 1.69. The van der Waals surface area contributed by atoms with Crippen LogP contribution in [0.5, 0.6) is 0 Å². The first-order chi connectivity index (χ1) is 18.6. The van der Waals surface area contributed by atoms with Gasteiger partial charge in [0.25, 0.3) is 0 Å². The van der Waals surface area contributed by atoms with Gasteiger partial charge in [0.2, 0.25) is 5.79 Å². The van der Waals surface area contributed by atoms with Gasteiger partial charge in [-0.2, -0.15) is 0 Å². The van der Waals surface area contributed by atoms with E-state index < -0.39 is 34.7 Å². The quantitative estimate of drug-likeness (QED) is 0.395. The fourth-order valence-electron chi connectivity index (χ4n) is 10.3. The molecule has 4 N–H and O–H groups in total. The van der Waals surface area contributed by atoms with E-state index in [0.29, 0.717) is 18.4 Å². The van der Waals surface area contributed by atoms with Gasteiger partial charge in [-0.05, 0) is 68.5 Å². The van der Waals surface area contributed by atoms with Crippen LogP contribution in [-0.2, 0) is 21.4 Å². The molecule has 3 saturated carbocycles. The minimum atomic E-state index is -2.14. The highest BCUT2D eigenvalue weighted by Crippen LogP contribution is 2.76. The van der Waals surface area contributed by atoms with Crippen LogP contribution in [0.4, 0.5) is 5.13 Å². The first-order valence-electron chi connectivity index (χ1n) is 15.1. The molecule has 0 aromatic carbocycles. The molecule has 9 atom stereocenters. The SMILES string of the molecule is C=C1C(=O)[C@]23[C@H](O)[C@H]1CC[C@H]2[C@@]12CO[C@@]3(O)[C@@H](O)[C@@H]1[C@](C)(CCC)Cc1sc(NCCN3CCCCC3)nc12. The van der Waals surface area contributed by atoms with Gasteiger partial charge in [-0.25, -0.2) is 4.98 Å². The highest BCUT2D eigenvalue weighted by Gasteiger charge is 2.87. The van der Waals surface area contributed by atoms with Gasteiger partial charge >= 0.3 is 0 Å². The van der Waals surface area contributed by atoms with Crippen LogP contribution in [0.3, 0.4) is 0 Å². The summed E-state index contributed by atoms with van der Waals surface area (Å²) in [4.78, 5) is 22.9. The molecule has 4 aliphatic carbocycles. The second-order valence-electron chi connectivity index (χ2n) is 13.6. The number of ether oxygens (including phenoxy) is 1. The number of aliphatic hydroxyl groups excluding tert-OH is 2. The average Bonchev–Trinajstić information content (AvgIpc) is 3.35. The number of aliphatic hydroxyl groups is 3. The normalized spacial score (nSPS) is 46.6. The Hall–Kier alpha value is -1.36. The van der Waals surface area contributed by atoms with E-state index in [1.165, 1.54) is 24.1 Å². The van der Waals surface area contributed by atoms with Gasteiger partial charge in [0.1, 0.15) is 11.5 Å². The van der Waals surface area contributed by atoms with Crippen LogP contribution in [0.2, 0.25) is 0 Å². The van der Waals surface area contributed by atoms with E-state index in [2.05, 4.69) is 30.6 Å². The number of carbonyl (C=O) groups excluding carboxylic acids is 1. The van der Waals surface area contributed by atoms with Gasteiger partial charge in [0, 0.05) is 35.2 Å². The molecule has 2 spiro atoms. The van der Waals surface area contributed by atoms with Crippen molar-refractivity contribution in [1.82, 2.24) is 9.88 Å². The standard InChI is InChI=1S/C30H43N3O5S/c1-4-10-27(3)15-19-22(32-26(39-19)31-11-14-33-12-6-5-7-13-33)28-16-38-30(37,25(36)21(27)28)29-20(28)9-8-18(24(29)35)17(2)23(29)34/h18,20-21,24-25,35-37H,2,4-16H2,1,3H3,(H,31,32)/t18-,20-,21+,24+,25-,27+,28-,29-,30-/m0/s1. The van der Waals surface area contributed by atoms with Crippen LogP contribution in [-0.4, -0.2) is 81.8 Å². The lowest BCUT2D eigenvalue weighted by Gasteiger charge is -2.73. The lowest BCUT2D eigenvalue weighted by Crippen LogP contribution is -2.85. The highest BCUT2D eigenvalue weighted by atomic mass is 32.1. The zero-order chi connectivity index (χ0) is 27.4. The van der Waals surface area contributed by atoms with Crippen molar-refractivity contribution in [2.45, 2.75) is 88.6 Å². The summed E-state index contributed by atoms with van der Waals surface area (Å²) in [6, 6.07) is 0. The molecule has 0 radical (unpaired) electrons. The number of ketones is 1. The predicted octanol–water partition coefficient (Wildman–Crippen LogP) is 2.86. The number of nitrogens with one attached hydrogen (secondary N) is 1. The molecule has 3 aliphatic heterocycles.